The smallest absolute Gasteiger partial charge is 0.339 e. The van der Waals surface area contributed by atoms with Crippen LogP contribution in [0.4, 0.5) is 0 Å². The molecular weight excluding hydrogens is 681 g/mol. The standard InChI is InChI=1S/C20H21I3N2O2/c21-16-12-17(19(23)18(22)13-16)20(26)27-11-10-24-6-8-25(9-7-24)14-15-4-2-1-3-5-15/h1-5,12-13H,6-11,14H2. The van der Waals surface area contributed by atoms with Crippen LogP contribution in [0, 0.1) is 10.7 Å². The van der Waals surface area contributed by atoms with E-state index in [1.165, 1.54) is 5.56 Å². The summed E-state index contributed by atoms with van der Waals surface area (Å²) in [6.07, 6.45) is 0. The van der Waals surface area contributed by atoms with Gasteiger partial charge in [0.15, 0.2) is 0 Å². The average molecular weight is 702 g/mol. The maximum Gasteiger partial charge on any atom is 0.339 e. The van der Waals surface area contributed by atoms with Gasteiger partial charge in [-0.3, -0.25) is 9.80 Å². The summed E-state index contributed by atoms with van der Waals surface area (Å²) in [5, 5.41) is 0. The predicted molar refractivity (Wildman–Crippen MR) is 133 cm³/mol. The Hall–Kier alpha value is 0.0200. The number of rotatable bonds is 6. The molecule has 0 spiro atoms. The van der Waals surface area contributed by atoms with E-state index in [1.807, 2.05) is 6.07 Å². The lowest BCUT2D eigenvalue weighted by Gasteiger charge is -2.34. The van der Waals surface area contributed by atoms with Crippen molar-refractivity contribution in [3.05, 3.63) is 64.3 Å². The molecule has 2 aromatic carbocycles. The zero-order chi connectivity index (χ0) is 19.2. The number of nitrogens with zero attached hydrogens (tertiary/aromatic N) is 2. The van der Waals surface area contributed by atoms with Crippen molar-refractivity contribution < 1.29 is 9.53 Å². The zero-order valence-electron chi connectivity index (χ0n) is 14.8. The van der Waals surface area contributed by atoms with Gasteiger partial charge >= 0.3 is 5.97 Å². The summed E-state index contributed by atoms with van der Waals surface area (Å²) in [6, 6.07) is 14.6. The molecule has 1 heterocycles. The van der Waals surface area contributed by atoms with E-state index in [9.17, 15) is 4.79 Å². The van der Waals surface area contributed by atoms with Gasteiger partial charge in [0.2, 0.25) is 0 Å². The van der Waals surface area contributed by atoms with Gasteiger partial charge in [0.1, 0.15) is 6.61 Å². The molecule has 1 saturated heterocycles. The number of esters is 1. The largest absolute Gasteiger partial charge is 0.461 e. The predicted octanol–water partition coefficient (Wildman–Crippen LogP) is 4.48. The fourth-order valence-corrected chi connectivity index (χ4v) is 5.44. The molecule has 1 aliphatic rings. The van der Waals surface area contributed by atoms with Crippen LogP contribution in [-0.2, 0) is 11.3 Å². The monoisotopic (exact) mass is 702 g/mol. The van der Waals surface area contributed by atoms with Crippen LogP contribution in [0.15, 0.2) is 42.5 Å². The molecule has 1 aliphatic heterocycles. The van der Waals surface area contributed by atoms with Gasteiger partial charge in [-0.15, -0.1) is 0 Å². The minimum absolute atomic E-state index is 0.224. The highest BCUT2D eigenvalue weighted by Gasteiger charge is 2.18. The highest BCUT2D eigenvalue weighted by Crippen LogP contribution is 2.23. The van der Waals surface area contributed by atoms with Crippen LogP contribution in [-0.4, -0.2) is 55.1 Å². The first-order valence-corrected chi connectivity index (χ1v) is 12.1. The topological polar surface area (TPSA) is 32.8 Å². The van der Waals surface area contributed by atoms with Crippen LogP contribution in [0.3, 0.4) is 0 Å². The van der Waals surface area contributed by atoms with Crippen LogP contribution in [0.1, 0.15) is 15.9 Å². The second kappa shape index (κ2) is 10.7. The lowest BCUT2D eigenvalue weighted by molar-refractivity contribution is 0.0418. The molecular formula is C20H21I3N2O2. The number of piperazine rings is 1. The molecule has 0 aliphatic carbocycles. The fourth-order valence-electron chi connectivity index (χ4n) is 3.06. The molecule has 0 N–H and O–H groups in total. The molecule has 7 heteroatoms. The number of hydrogen-bond donors (Lipinski definition) is 0. The maximum absolute atomic E-state index is 12.4. The second-order valence-corrected chi connectivity index (χ2v) is 9.98. The normalized spacial score (nSPS) is 15.7. The van der Waals surface area contributed by atoms with Gasteiger partial charge in [-0.25, -0.2) is 4.79 Å². The molecule has 0 bridgehead atoms. The Labute approximate surface area is 201 Å². The van der Waals surface area contributed by atoms with E-state index in [4.69, 9.17) is 4.74 Å². The Morgan fingerprint density at radius 2 is 1.63 bits per heavy atom. The molecule has 0 radical (unpaired) electrons. The molecule has 0 aromatic heterocycles. The molecule has 0 atom stereocenters. The number of carbonyl (C=O) groups excluding carboxylic acids is 1. The van der Waals surface area contributed by atoms with Crippen LogP contribution < -0.4 is 0 Å². The van der Waals surface area contributed by atoms with E-state index in [1.54, 1.807) is 0 Å². The van der Waals surface area contributed by atoms with Gasteiger partial charge in [-0.05, 0) is 85.5 Å². The van der Waals surface area contributed by atoms with E-state index in [2.05, 4.69) is 114 Å². The van der Waals surface area contributed by atoms with Gasteiger partial charge in [0, 0.05) is 50.0 Å². The lowest BCUT2D eigenvalue weighted by Crippen LogP contribution is -2.46. The van der Waals surface area contributed by atoms with Crippen LogP contribution in [0.2, 0.25) is 0 Å². The molecule has 3 rings (SSSR count). The average Bonchev–Trinajstić information content (AvgIpc) is 2.67. The van der Waals surface area contributed by atoms with E-state index < -0.39 is 0 Å². The zero-order valence-corrected chi connectivity index (χ0v) is 21.3. The van der Waals surface area contributed by atoms with Gasteiger partial charge in [-0.1, -0.05) is 30.3 Å². The van der Waals surface area contributed by atoms with Crippen LogP contribution in [0.25, 0.3) is 0 Å². The van der Waals surface area contributed by atoms with Crippen molar-refractivity contribution in [1.82, 2.24) is 9.80 Å². The fraction of sp³-hybridized carbons (Fsp3) is 0.350. The molecule has 0 unspecified atom stereocenters. The number of ether oxygens (including phenoxy) is 1. The number of hydrogen-bond acceptors (Lipinski definition) is 4. The highest BCUT2D eigenvalue weighted by molar-refractivity contribution is 14.1. The van der Waals surface area contributed by atoms with Crippen molar-refractivity contribution in [2.75, 3.05) is 39.3 Å². The number of carbonyl (C=O) groups is 1. The Balaban J connectivity index is 1.41. The molecule has 27 heavy (non-hydrogen) atoms. The molecule has 2 aromatic rings. The molecule has 0 amide bonds. The molecule has 144 valence electrons. The minimum Gasteiger partial charge on any atom is -0.461 e. The van der Waals surface area contributed by atoms with Crippen LogP contribution in [0.5, 0.6) is 0 Å². The number of halogens is 3. The van der Waals surface area contributed by atoms with Crippen molar-refractivity contribution in [1.29, 1.82) is 0 Å². The van der Waals surface area contributed by atoms with E-state index >= 15 is 0 Å². The van der Waals surface area contributed by atoms with Gasteiger partial charge in [0.05, 0.1) is 5.56 Å². The number of benzene rings is 2. The first kappa shape index (κ1) is 21.7. The summed E-state index contributed by atoms with van der Waals surface area (Å²) >= 11 is 6.71. The quantitative estimate of drug-likeness (QED) is 0.253. The maximum atomic E-state index is 12.4. The van der Waals surface area contributed by atoms with E-state index in [0.29, 0.717) is 12.2 Å². The van der Waals surface area contributed by atoms with Crippen molar-refractivity contribution in [2.24, 2.45) is 0 Å². The summed E-state index contributed by atoms with van der Waals surface area (Å²) in [5.41, 5.74) is 2.03. The SMILES string of the molecule is O=C(OCCN1CCN(Cc2ccccc2)CC1)c1cc(I)cc(I)c1I. The third kappa shape index (κ3) is 6.51. The van der Waals surface area contributed by atoms with Gasteiger partial charge < -0.3 is 4.74 Å². The van der Waals surface area contributed by atoms with Crippen molar-refractivity contribution in [3.63, 3.8) is 0 Å². The summed E-state index contributed by atoms with van der Waals surface area (Å²) < 4.78 is 8.64. The minimum atomic E-state index is -0.224. The lowest BCUT2D eigenvalue weighted by atomic mass is 10.2. The van der Waals surface area contributed by atoms with Gasteiger partial charge in [0.25, 0.3) is 0 Å². The first-order valence-electron chi connectivity index (χ1n) is 8.83. The Kier molecular flexibility index (Phi) is 8.61. The Bertz CT molecular complexity index is 778. The highest BCUT2D eigenvalue weighted by atomic mass is 127. The summed E-state index contributed by atoms with van der Waals surface area (Å²) in [4.78, 5) is 17.3. The molecule has 1 fully saturated rings. The third-order valence-corrected chi connectivity index (χ3v) is 8.24. The summed E-state index contributed by atoms with van der Waals surface area (Å²) in [7, 11) is 0. The Morgan fingerprint density at radius 3 is 2.33 bits per heavy atom. The second-order valence-electron chi connectivity index (χ2n) is 6.49. The first-order chi connectivity index (χ1) is 13.0. The molecule has 0 saturated carbocycles. The van der Waals surface area contributed by atoms with Crippen molar-refractivity contribution >= 4 is 73.7 Å². The third-order valence-electron chi connectivity index (χ3n) is 4.57. The van der Waals surface area contributed by atoms with Gasteiger partial charge in [-0.2, -0.15) is 0 Å². The Morgan fingerprint density at radius 1 is 0.963 bits per heavy atom. The van der Waals surface area contributed by atoms with Crippen LogP contribution >= 0.6 is 67.8 Å². The van der Waals surface area contributed by atoms with Crippen molar-refractivity contribution in [2.45, 2.75) is 6.54 Å². The van der Waals surface area contributed by atoms with Crippen molar-refractivity contribution in [3.8, 4) is 0 Å². The summed E-state index contributed by atoms with van der Waals surface area (Å²) in [5.74, 6) is -0.224. The summed E-state index contributed by atoms with van der Waals surface area (Å²) in [6.45, 7) is 6.38. The molecule has 4 nitrogen and oxygen atoms in total. The van der Waals surface area contributed by atoms with E-state index in [-0.39, 0.29) is 5.97 Å². The van der Waals surface area contributed by atoms with E-state index in [0.717, 1.165) is 50.0 Å².